The number of nitrogens with one attached hydrogen (secondary N) is 1. The lowest BCUT2D eigenvalue weighted by molar-refractivity contribution is -0.120. The maximum Gasteiger partial charge on any atom is 0.224 e. The lowest BCUT2D eigenvalue weighted by Crippen LogP contribution is -2.25. The molecule has 0 aliphatic carbocycles. The van der Waals surface area contributed by atoms with Gasteiger partial charge in [-0.1, -0.05) is 17.7 Å². The van der Waals surface area contributed by atoms with Crippen molar-refractivity contribution in [2.45, 2.75) is 40.7 Å². The van der Waals surface area contributed by atoms with Gasteiger partial charge in [-0.05, 0) is 45.4 Å². The Hall–Kier alpha value is -2.80. The van der Waals surface area contributed by atoms with E-state index in [-0.39, 0.29) is 23.9 Å². The lowest BCUT2D eigenvalue weighted by atomic mass is 10.1. The summed E-state index contributed by atoms with van der Waals surface area (Å²) in [5, 5.41) is 7.65. The molecule has 0 aliphatic rings. The number of aromatic nitrogens is 4. The largest absolute Gasteiger partial charge is 0.352 e. The number of aryl methyl sites for hydroxylation is 3. The van der Waals surface area contributed by atoms with Gasteiger partial charge >= 0.3 is 0 Å². The molecule has 1 N–H and O–H groups in total. The number of carbonyl (C=O) groups is 1. The molecule has 0 fully saturated rings. The van der Waals surface area contributed by atoms with Crippen molar-refractivity contribution in [3.8, 4) is 5.82 Å². The van der Waals surface area contributed by atoms with Crippen LogP contribution in [0.3, 0.4) is 0 Å². The summed E-state index contributed by atoms with van der Waals surface area (Å²) in [6.07, 6.45) is 0.180. The van der Waals surface area contributed by atoms with E-state index < -0.39 is 5.82 Å². The van der Waals surface area contributed by atoms with Gasteiger partial charge in [0.2, 0.25) is 5.91 Å². The van der Waals surface area contributed by atoms with E-state index in [4.69, 9.17) is 11.6 Å². The zero-order valence-corrected chi connectivity index (χ0v) is 16.9. The number of hydrogen-bond donors (Lipinski definition) is 1. The third kappa shape index (κ3) is 4.36. The molecule has 0 radical (unpaired) electrons. The first kappa shape index (κ1) is 19.9. The minimum Gasteiger partial charge on any atom is -0.352 e. The molecule has 3 rings (SSSR count). The predicted octanol–water partition coefficient (Wildman–Crippen LogP) is 3.55. The molecule has 2 heterocycles. The quantitative estimate of drug-likeness (QED) is 0.709. The predicted molar refractivity (Wildman–Crippen MR) is 105 cm³/mol. The average Bonchev–Trinajstić information content (AvgIpc) is 2.88. The first-order chi connectivity index (χ1) is 13.2. The summed E-state index contributed by atoms with van der Waals surface area (Å²) in [6, 6.07) is 5.96. The third-order valence-corrected chi connectivity index (χ3v) is 4.79. The van der Waals surface area contributed by atoms with Crippen molar-refractivity contribution in [1.29, 1.82) is 0 Å². The Labute approximate surface area is 167 Å². The molecule has 0 atom stereocenters. The van der Waals surface area contributed by atoms with Crippen molar-refractivity contribution < 1.29 is 9.18 Å². The second kappa shape index (κ2) is 8.06. The third-order valence-electron chi connectivity index (χ3n) is 4.44. The fraction of sp³-hybridized carbons (Fsp3) is 0.300. The van der Waals surface area contributed by atoms with Crippen molar-refractivity contribution in [1.82, 2.24) is 25.1 Å². The smallest absolute Gasteiger partial charge is 0.224 e. The van der Waals surface area contributed by atoms with Gasteiger partial charge < -0.3 is 5.32 Å². The van der Waals surface area contributed by atoms with E-state index in [1.54, 1.807) is 10.7 Å². The molecule has 0 unspecified atom stereocenters. The van der Waals surface area contributed by atoms with E-state index in [0.717, 1.165) is 22.6 Å². The molecule has 0 aliphatic heterocycles. The Balaban J connectivity index is 1.75. The first-order valence-electron chi connectivity index (χ1n) is 8.83. The number of carbonyl (C=O) groups excluding carboxylic acids is 1. The minimum atomic E-state index is -0.408. The molecule has 8 heteroatoms. The summed E-state index contributed by atoms with van der Waals surface area (Å²) >= 11 is 6.00. The van der Waals surface area contributed by atoms with Crippen LogP contribution >= 0.6 is 11.6 Å². The van der Waals surface area contributed by atoms with E-state index >= 15 is 0 Å². The SMILES string of the molecule is Cc1cc(-n2nc(C)c(CC(=O)NCc3ccc(F)cc3Cl)c2C)nc(C)n1. The average molecular weight is 402 g/mol. The van der Waals surface area contributed by atoms with Crippen molar-refractivity contribution in [2.75, 3.05) is 0 Å². The fourth-order valence-corrected chi connectivity index (χ4v) is 3.28. The normalized spacial score (nSPS) is 10.9. The van der Waals surface area contributed by atoms with Crippen LogP contribution in [0, 0.1) is 33.5 Å². The highest BCUT2D eigenvalue weighted by atomic mass is 35.5. The molecule has 1 aromatic carbocycles. The number of nitrogens with zero attached hydrogens (tertiary/aromatic N) is 4. The fourth-order valence-electron chi connectivity index (χ4n) is 3.04. The van der Waals surface area contributed by atoms with Crippen LogP contribution in [0.1, 0.15) is 34.0 Å². The van der Waals surface area contributed by atoms with Gasteiger partial charge in [-0.15, -0.1) is 0 Å². The number of benzene rings is 1. The topological polar surface area (TPSA) is 72.7 Å². The van der Waals surface area contributed by atoms with Crippen LogP contribution in [0.4, 0.5) is 4.39 Å². The van der Waals surface area contributed by atoms with Gasteiger partial charge in [-0.3, -0.25) is 4.79 Å². The van der Waals surface area contributed by atoms with Crippen molar-refractivity contribution >= 4 is 17.5 Å². The highest BCUT2D eigenvalue weighted by molar-refractivity contribution is 6.31. The number of rotatable bonds is 5. The maximum atomic E-state index is 13.1. The summed E-state index contributed by atoms with van der Waals surface area (Å²) in [7, 11) is 0. The molecule has 28 heavy (non-hydrogen) atoms. The van der Waals surface area contributed by atoms with Gasteiger partial charge in [-0.25, -0.2) is 19.0 Å². The van der Waals surface area contributed by atoms with Crippen molar-refractivity contribution in [2.24, 2.45) is 0 Å². The van der Waals surface area contributed by atoms with Crippen LogP contribution in [0.25, 0.3) is 5.82 Å². The Bertz CT molecular complexity index is 1030. The zero-order chi connectivity index (χ0) is 20.4. The van der Waals surface area contributed by atoms with Crippen LogP contribution in [0.2, 0.25) is 5.02 Å². The van der Waals surface area contributed by atoms with E-state index in [2.05, 4.69) is 20.4 Å². The van der Waals surface area contributed by atoms with Gasteiger partial charge in [0, 0.05) is 34.6 Å². The van der Waals surface area contributed by atoms with Gasteiger partial charge in [0.15, 0.2) is 5.82 Å². The van der Waals surface area contributed by atoms with E-state index in [0.29, 0.717) is 17.2 Å². The molecular formula is C20H21ClFN5O. The number of hydrogen-bond acceptors (Lipinski definition) is 4. The number of halogens is 2. The number of amides is 1. The van der Waals surface area contributed by atoms with Crippen LogP contribution in [0.15, 0.2) is 24.3 Å². The highest BCUT2D eigenvalue weighted by Gasteiger charge is 2.17. The molecule has 0 saturated carbocycles. The molecule has 146 valence electrons. The Morgan fingerprint density at radius 3 is 2.61 bits per heavy atom. The first-order valence-corrected chi connectivity index (χ1v) is 9.20. The molecule has 0 spiro atoms. The molecule has 0 bridgehead atoms. The summed E-state index contributed by atoms with van der Waals surface area (Å²) in [4.78, 5) is 21.1. The van der Waals surface area contributed by atoms with Crippen molar-refractivity contribution in [3.63, 3.8) is 0 Å². The van der Waals surface area contributed by atoms with Crippen LogP contribution in [-0.2, 0) is 17.8 Å². The van der Waals surface area contributed by atoms with Gasteiger partial charge in [-0.2, -0.15) is 5.10 Å². The van der Waals surface area contributed by atoms with E-state index in [1.807, 2.05) is 33.8 Å². The van der Waals surface area contributed by atoms with Crippen LogP contribution in [0.5, 0.6) is 0 Å². The highest BCUT2D eigenvalue weighted by Crippen LogP contribution is 2.19. The Morgan fingerprint density at radius 2 is 1.93 bits per heavy atom. The van der Waals surface area contributed by atoms with E-state index in [1.165, 1.54) is 12.1 Å². The summed E-state index contributed by atoms with van der Waals surface area (Å²) in [5.41, 5.74) is 3.97. The molecule has 2 aromatic heterocycles. The standard InChI is InChI=1S/C20H21ClFN5O/c1-11-7-19(25-14(4)24-11)27-13(3)17(12(2)26-27)9-20(28)23-10-15-5-6-16(22)8-18(15)21/h5-8H,9-10H2,1-4H3,(H,23,28). The minimum absolute atomic E-state index is 0.166. The van der Waals surface area contributed by atoms with Gasteiger partial charge in [0.05, 0.1) is 12.1 Å². The van der Waals surface area contributed by atoms with Gasteiger partial charge in [0.25, 0.3) is 0 Å². The molecular weight excluding hydrogens is 381 g/mol. The Kier molecular flexibility index (Phi) is 5.74. The van der Waals surface area contributed by atoms with Crippen LogP contribution < -0.4 is 5.32 Å². The summed E-state index contributed by atoms with van der Waals surface area (Å²) in [5.74, 6) is 0.767. The Morgan fingerprint density at radius 1 is 1.18 bits per heavy atom. The maximum absolute atomic E-state index is 13.1. The second-order valence-corrected chi connectivity index (χ2v) is 7.07. The second-order valence-electron chi connectivity index (χ2n) is 6.67. The summed E-state index contributed by atoms with van der Waals surface area (Å²) < 4.78 is 14.9. The van der Waals surface area contributed by atoms with Crippen molar-refractivity contribution in [3.05, 3.63) is 69.1 Å². The molecule has 0 saturated heterocycles. The van der Waals surface area contributed by atoms with E-state index in [9.17, 15) is 9.18 Å². The molecule has 6 nitrogen and oxygen atoms in total. The monoisotopic (exact) mass is 401 g/mol. The molecule has 3 aromatic rings. The van der Waals surface area contributed by atoms with Crippen LogP contribution in [-0.4, -0.2) is 25.7 Å². The van der Waals surface area contributed by atoms with Gasteiger partial charge in [0.1, 0.15) is 11.6 Å². The molecule has 1 amide bonds. The zero-order valence-electron chi connectivity index (χ0n) is 16.2. The summed E-state index contributed by atoms with van der Waals surface area (Å²) in [6.45, 7) is 7.74. The lowest BCUT2D eigenvalue weighted by Gasteiger charge is -2.08.